The first-order valence-corrected chi connectivity index (χ1v) is 8.69. The Bertz CT molecular complexity index is 756. The zero-order valence-corrected chi connectivity index (χ0v) is 14.5. The van der Waals surface area contributed by atoms with Gasteiger partial charge in [-0.15, -0.1) is 0 Å². The Kier molecular flexibility index (Phi) is 5.68. The highest BCUT2D eigenvalue weighted by Gasteiger charge is 2.19. The molecule has 25 heavy (non-hydrogen) atoms. The molecule has 0 aromatic heterocycles. The molecule has 1 aliphatic rings. The van der Waals surface area contributed by atoms with E-state index in [0.29, 0.717) is 21.8 Å². The average Bonchev–Trinajstić information content (AvgIpc) is 2.63. The van der Waals surface area contributed by atoms with Gasteiger partial charge in [0, 0.05) is 16.6 Å². The van der Waals surface area contributed by atoms with Crippen LogP contribution in [0.1, 0.15) is 33.6 Å². The largest absolute Gasteiger partial charge is 0.349 e. The van der Waals surface area contributed by atoms with E-state index in [9.17, 15) is 9.59 Å². The molecule has 3 rings (SSSR count). The second-order valence-corrected chi connectivity index (χ2v) is 6.44. The number of hydrogen-bond acceptors (Lipinski definition) is 3. The number of anilines is 1. The van der Waals surface area contributed by atoms with Crippen molar-refractivity contribution in [2.24, 2.45) is 0 Å². The highest BCUT2D eigenvalue weighted by atomic mass is 35.5. The number of nitrogens with one attached hydrogen (secondary N) is 3. The number of carbonyl (C=O) groups excluding carboxylic acids is 2. The Hall–Kier alpha value is -2.37. The highest BCUT2D eigenvalue weighted by molar-refractivity contribution is 6.30. The van der Waals surface area contributed by atoms with Gasteiger partial charge >= 0.3 is 0 Å². The summed E-state index contributed by atoms with van der Waals surface area (Å²) in [5.74, 6) is -0.447. The van der Waals surface area contributed by atoms with E-state index in [0.717, 1.165) is 25.9 Å². The monoisotopic (exact) mass is 357 g/mol. The lowest BCUT2D eigenvalue weighted by molar-refractivity contribution is 0.0930. The summed E-state index contributed by atoms with van der Waals surface area (Å²) in [7, 11) is 0. The molecule has 1 fully saturated rings. The summed E-state index contributed by atoms with van der Waals surface area (Å²) < 4.78 is 0. The van der Waals surface area contributed by atoms with Crippen molar-refractivity contribution in [3.63, 3.8) is 0 Å². The van der Waals surface area contributed by atoms with Gasteiger partial charge in [-0.2, -0.15) is 0 Å². The third-order valence-corrected chi connectivity index (χ3v) is 4.45. The Morgan fingerprint density at radius 2 is 1.64 bits per heavy atom. The molecule has 0 spiro atoms. The number of halogens is 1. The Labute approximate surface area is 151 Å². The lowest BCUT2D eigenvalue weighted by Gasteiger charge is -2.24. The summed E-state index contributed by atoms with van der Waals surface area (Å²) >= 11 is 5.85. The van der Waals surface area contributed by atoms with E-state index in [-0.39, 0.29) is 17.9 Å². The van der Waals surface area contributed by atoms with Crippen LogP contribution in [0.15, 0.2) is 48.5 Å². The Morgan fingerprint density at radius 3 is 2.36 bits per heavy atom. The fourth-order valence-electron chi connectivity index (χ4n) is 2.82. The summed E-state index contributed by atoms with van der Waals surface area (Å²) in [5.41, 5.74) is 1.44. The molecule has 6 heteroatoms. The van der Waals surface area contributed by atoms with Gasteiger partial charge in [-0.25, -0.2) is 0 Å². The van der Waals surface area contributed by atoms with E-state index in [2.05, 4.69) is 16.0 Å². The van der Waals surface area contributed by atoms with Crippen molar-refractivity contribution in [3.05, 3.63) is 64.7 Å². The molecule has 130 valence electrons. The number of carbonyl (C=O) groups is 2. The molecule has 0 bridgehead atoms. The van der Waals surface area contributed by atoms with Gasteiger partial charge < -0.3 is 16.0 Å². The second kappa shape index (κ2) is 8.14. The van der Waals surface area contributed by atoms with Crippen LogP contribution in [-0.2, 0) is 0 Å². The van der Waals surface area contributed by atoms with Gasteiger partial charge in [0.25, 0.3) is 11.8 Å². The number of piperidine rings is 1. The van der Waals surface area contributed by atoms with E-state index >= 15 is 0 Å². The topological polar surface area (TPSA) is 70.2 Å². The van der Waals surface area contributed by atoms with Crippen molar-refractivity contribution in [2.45, 2.75) is 18.9 Å². The van der Waals surface area contributed by atoms with E-state index in [1.807, 2.05) is 0 Å². The molecule has 5 nitrogen and oxygen atoms in total. The third-order valence-electron chi connectivity index (χ3n) is 4.20. The molecule has 0 radical (unpaired) electrons. The minimum atomic E-state index is -0.279. The Morgan fingerprint density at radius 1 is 0.960 bits per heavy atom. The predicted molar refractivity (Wildman–Crippen MR) is 99.2 cm³/mol. The van der Waals surface area contributed by atoms with Gasteiger partial charge in [-0.05, 0) is 62.3 Å². The average molecular weight is 358 g/mol. The van der Waals surface area contributed by atoms with E-state index < -0.39 is 0 Å². The standard InChI is InChI=1S/C19H20ClN3O2/c20-14-7-5-13(6-8-14)18(24)23-17-4-2-1-3-16(17)19(25)22-15-9-11-21-12-10-15/h1-8,15,21H,9-12H2,(H,22,25)(H,23,24). The van der Waals surface area contributed by atoms with Gasteiger partial charge in [0.05, 0.1) is 11.3 Å². The molecule has 0 unspecified atom stereocenters. The minimum Gasteiger partial charge on any atom is -0.349 e. The zero-order chi connectivity index (χ0) is 17.6. The van der Waals surface area contributed by atoms with Crippen LogP contribution in [0.2, 0.25) is 5.02 Å². The fraction of sp³-hybridized carbons (Fsp3) is 0.263. The molecule has 2 amide bonds. The summed E-state index contributed by atoms with van der Waals surface area (Å²) in [6.07, 6.45) is 1.82. The van der Waals surface area contributed by atoms with E-state index in [1.54, 1.807) is 48.5 Å². The van der Waals surface area contributed by atoms with Crippen LogP contribution >= 0.6 is 11.6 Å². The quantitative estimate of drug-likeness (QED) is 0.787. The summed E-state index contributed by atoms with van der Waals surface area (Å²) in [4.78, 5) is 25.0. The van der Waals surface area contributed by atoms with Crippen molar-refractivity contribution < 1.29 is 9.59 Å². The van der Waals surface area contributed by atoms with E-state index in [4.69, 9.17) is 11.6 Å². The molecule has 1 heterocycles. The maximum atomic E-state index is 12.6. The minimum absolute atomic E-state index is 0.161. The number of benzene rings is 2. The molecule has 0 atom stereocenters. The highest BCUT2D eigenvalue weighted by Crippen LogP contribution is 2.18. The normalized spacial score (nSPS) is 14.8. The Balaban J connectivity index is 1.72. The first kappa shape index (κ1) is 17.5. The second-order valence-electron chi connectivity index (χ2n) is 6.00. The van der Waals surface area contributed by atoms with Gasteiger partial charge in [-0.3, -0.25) is 9.59 Å². The fourth-order valence-corrected chi connectivity index (χ4v) is 2.94. The molecule has 0 aliphatic carbocycles. The molecular formula is C19H20ClN3O2. The van der Waals surface area contributed by atoms with Crippen LogP contribution in [0.3, 0.4) is 0 Å². The molecule has 2 aromatic carbocycles. The van der Waals surface area contributed by atoms with Crippen LogP contribution in [0.25, 0.3) is 0 Å². The van der Waals surface area contributed by atoms with Crippen molar-refractivity contribution in [1.82, 2.24) is 10.6 Å². The van der Waals surface area contributed by atoms with Crippen LogP contribution in [0, 0.1) is 0 Å². The van der Waals surface area contributed by atoms with Crippen LogP contribution in [0.4, 0.5) is 5.69 Å². The smallest absolute Gasteiger partial charge is 0.255 e. The maximum absolute atomic E-state index is 12.6. The first-order chi connectivity index (χ1) is 12.1. The molecule has 0 saturated carbocycles. The lowest BCUT2D eigenvalue weighted by atomic mass is 10.1. The number of amides is 2. The number of hydrogen-bond donors (Lipinski definition) is 3. The maximum Gasteiger partial charge on any atom is 0.255 e. The zero-order valence-electron chi connectivity index (χ0n) is 13.7. The SMILES string of the molecule is O=C(Nc1ccccc1C(=O)NC1CCNCC1)c1ccc(Cl)cc1. The molecule has 1 aliphatic heterocycles. The van der Waals surface area contributed by atoms with Crippen LogP contribution in [-0.4, -0.2) is 30.9 Å². The lowest BCUT2D eigenvalue weighted by Crippen LogP contribution is -2.42. The number of rotatable bonds is 4. The van der Waals surface area contributed by atoms with E-state index in [1.165, 1.54) is 0 Å². The summed E-state index contributed by atoms with van der Waals surface area (Å²) in [6, 6.07) is 13.8. The van der Waals surface area contributed by atoms with Gasteiger partial charge in [-0.1, -0.05) is 23.7 Å². The molecule has 3 N–H and O–H groups in total. The molecular weight excluding hydrogens is 338 g/mol. The van der Waals surface area contributed by atoms with Crippen LogP contribution < -0.4 is 16.0 Å². The molecule has 1 saturated heterocycles. The first-order valence-electron chi connectivity index (χ1n) is 8.31. The van der Waals surface area contributed by atoms with Gasteiger partial charge in [0.15, 0.2) is 0 Å². The summed E-state index contributed by atoms with van der Waals surface area (Å²) in [5, 5.41) is 9.70. The van der Waals surface area contributed by atoms with Crippen molar-refractivity contribution >= 4 is 29.1 Å². The molecule has 2 aromatic rings. The van der Waals surface area contributed by atoms with Crippen molar-refractivity contribution in [2.75, 3.05) is 18.4 Å². The van der Waals surface area contributed by atoms with Crippen LogP contribution in [0.5, 0.6) is 0 Å². The third kappa shape index (κ3) is 4.59. The summed E-state index contributed by atoms with van der Waals surface area (Å²) in [6.45, 7) is 1.81. The predicted octanol–water partition coefficient (Wildman–Crippen LogP) is 3.07. The van der Waals surface area contributed by atoms with Crippen molar-refractivity contribution in [1.29, 1.82) is 0 Å². The van der Waals surface area contributed by atoms with Crippen molar-refractivity contribution in [3.8, 4) is 0 Å². The van der Waals surface area contributed by atoms with Gasteiger partial charge in [0.1, 0.15) is 0 Å². The number of para-hydroxylation sites is 1. The van der Waals surface area contributed by atoms with Gasteiger partial charge in [0.2, 0.25) is 0 Å².